The molecule has 1 atom stereocenters. The third-order valence-corrected chi connectivity index (χ3v) is 6.69. The fourth-order valence-electron chi connectivity index (χ4n) is 4.68. The van der Waals surface area contributed by atoms with E-state index in [1.807, 2.05) is 6.92 Å². The van der Waals surface area contributed by atoms with E-state index in [-0.39, 0.29) is 35.1 Å². The Labute approximate surface area is 201 Å². The number of pyridine rings is 1. The molecule has 180 valence electrons. The fourth-order valence-corrected chi connectivity index (χ4v) is 4.80. The van der Waals surface area contributed by atoms with Gasteiger partial charge >= 0.3 is 6.18 Å². The molecule has 4 nitrogen and oxygen atoms in total. The predicted octanol–water partition coefficient (Wildman–Crippen LogP) is 7.51. The lowest BCUT2D eigenvalue weighted by molar-refractivity contribution is -0.141. The first-order valence-corrected chi connectivity index (χ1v) is 11.8. The monoisotopic (exact) mass is 490 g/mol. The van der Waals surface area contributed by atoms with Gasteiger partial charge in [0.2, 0.25) is 5.91 Å². The highest BCUT2D eigenvalue weighted by Crippen LogP contribution is 2.38. The zero-order valence-electron chi connectivity index (χ0n) is 18.7. The Hall–Kier alpha value is -2.80. The minimum absolute atomic E-state index is 0.0239. The van der Waals surface area contributed by atoms with Crippen LogP contribution in [0.4, 0.5) is 18.9 Å². The number of para-hydroxylation sites is 1. The second-order valence-electron chi connectivity index (χ2n) is 8.69. The smallest absolute Gasteiger partial charge is 0.433 e. The van der Waals surface area contributed by atoms with Crippen LogP contribution in [-0.4, -0.2) is 17.0 Å². The molecule has 2 aromatic carbocycles. The van der Waals surface area contributed by atoms with E-state index in [1.54, 1.807) is 48.5 Å². The maximum absolute atomic E-state index is 13.3. The molecular weight excluding hydrogens is 465 g/mol. The summed E-state index contributed by atoms with van der Waals surface area (Å²) in [5.74, 6) is 0.227. The molecule has 0 saturated heterocycles. The van der Waals surface area contributed by atoms with Gasteiger partial charge in [-0.25, -0.2) is 4.98 Å². The summed E-state index contributed by atoms with van der Waals surface area (Å²) in [6, 6.07) is 14.7. The van der Waals surface area contributed by atoms with E-state index in [1.165, 1.54) is 0 Å². The number of carbonyl (C=O) groups is 1. The summed E-state index contributed by atoms with van der Waals surface area (Å²) in [5, 5.41) is 4.13. The first-order valence-electron chi connectivity index (χ1n) is 11.4. The summed E-state index contributed by atoms with van der Waals surface area (Å²) in [7, 11) is 0. The number of fused-ring (bicyclic) bond motifs is 1. The third kappa shape index (κ3) is 5.63. The Morgan fingerprint density at radius 2 is 1.79 bits per heavy atom. The van der Waals surface area contributed by atoms with Crippen LogP contribution in [0.2, 0.25) is 5.02 Å². The highest BCUT2D eigenvalue weighted by Gasteiger charge is 2.35. The maximum Gasteiger partial charge on any atom is 0.433 e. The topological polar surface area (TPSA) is 51.2 Å². The molecule has 0 spiro atoms. The highest BCUT2D eigenvalue weighted by molar-refractivity contribution is 6.30. The number of aromatic nitrogens is 1. The molecule has 1 aromatic heterocycles. The second-order valence-corrected chi connectivity index (χ2v) is 9.12. The molecule has 1 amide bonds. The van der Waals surface area contributed by atoms with Crippen LogP contribution in [0.25, 0.3) is 10.9 Å². The van der Waals surface area contributed by atoms with Crippen LogP contribution in [0.5, 0.6) is 5.75 Å². The fraction of sp³-hybridized carbons (Fsp3) is 0.385. The molecule has 3 aromatic rings. The van der Waals surface area contributed by atoms with Gasteiger partial charge in [0, 0.05) is 28.1 Å². The van der Waals surface area contributed by atoms with E-state index in [9.17, 15) is 18.0 Å². The number of anilines is 1. The average Bonchev–Trinajstić information content (AvgIpc) is 2.81. The van der Waals surface area contributed by atoms with Gasteiger partial charge in [-0.2, -0.15) is 13.2 Å². The molecule has 1 saturated carbocycles. The maximum atomic E-state index is 13.3. The van der Waals surface area contributed by atoms with Crippen molar-refractivity contribution in [1.82, 2.24) is 4.98 Å². The quantitative estimate of drug-likeness (QED) is 0.389. The van der Waals surface area contributed by atoms with Crippen molar-refractivity contribution < 1.29 is 22.7 Å². The number of benzene rings is 2. The van der Waals surface area contributed by atoms with E-state index in [2.05, 4.69) is 10.3 Å². The summed E-state index contributed by atoms with van der Waals surface area (Å²) in [4.78, 5) is 16.6. The van der Waals surface area contributed by atoms with Gasteiger partial charge in [-0.3, -0.25) is 4.79 Å². The number of hydrogen-bond donors (Lipinski definition) is 1. The van der Waals surface area contributed by atoms with Crippen molar-refractivity contribution in [2.24, 2.45) is 11.8 Å². The Morgan fingerprint density at radius 1 is 1.12 bits per heavy atom. The lowest BCUT2D eigenvalue weighted by atomic mass is 9.77. The zero-order valence-corrected chi connectivity index (χ0v) is 19.5. The molecule has 1 aliphatic carbocycles. The molecule has 34 heavy (non-hydrogen) atoms. The van der Waals surface area contributed by atoms with Crippen LogP contribution < -0.4 is 10.1 Å². The molecule has 4 rings (SSSR count). The number of alkyl halides is 3. The Balaban J connectivity index is 1.42. The van der Waals surface area contributed by atoms with Crippen LogP contribution in [0.3, 0.4) is 0 Å². The molecule has 1 aliphatic rings. The molecule has 1 fully saturated rings. The normalized spacial score (nSPS) is 19.6. The highest BCUT2D eigenvalue weighted by atomic mass is 35.5. The lowest BCUT2D eigenvalue weighted by Crippen LogP contribution is -2.34. The second kappa shape index (κ2) is 10.2. The van der Waals surface area contributed by atoms with Crippen molar-refractivity contribution in [3.05, 3.63) is 65.3 Å². The predicted molar refractivity (Wildman–Crippen MR) is 127 cm³/mol. The first-order chi connectivity index (χ1) is 16.2. The van der Waals surface area contributed by atoms with E-state index in [0.717, 1.165) is 18.9 Å². The third-order valence-electron chi connectivity index (χ3n) is 6.44. The summed E-state index contributed by atoms with van der Waals surface area (Å²) < 4.78 is 46.1. The number of ether oxygens (including phenoxy) is 1. The molecule has 1 heterocycles. The van der Waals surface area contributed by atoms with E-state index >= 15 is 0 Å². The first kappa shape index (κ1) is 24.3. The van der Waals surface area contributed by atoms with Gasteiger partial charge in [-0.05, 0) is 74.4 Å². The van der Waals surface area contributed by atoms with Gasteiger partial charge in [0.05, 0.1) is 11.6 Å². The molecule has 0 aliphatic heterocycles. The standard InChI is InChI=1S/C26H26ClF3N2O2/c1-2-20(25(33)31-18-11-9-17(27)10-12-18)16-7-13-19(14-8-16)34-23-15-24(26(28,29)30)32-22-6-4-3-5-21(22)23/h3-6,9-12,15-16,19-20H,2,7-8,13-14H2,1H3,(H,31,33)/t16-,19-,20?. The van der Waals surface area contributed by atoms with Crippen molar-refractivity contribution >= 4 is 34.1 Å². The summed E-state index contributed by atoms with van der Waals surface area (Å²) in [5.41, 5.74) is 0.000588. The molecule has 1 unspecified atom stereocenters. The Bertz CT molecular complexity index is 1140. The van der Waals surface area contributed by atoms with Gasteiger partial charge in [-0.15, -0.1) is 0 Å². The van der Waals surface area contributed by atoms with Gasteiger partial charge in [0.15, 0.2) is 0 Å². The van der Waals surface area contributed by atoms with E-state index in [0.29, 0.717) is 35.4 Å². The molecular formula is C26H26ClF3N2O2. The Morgan fingerprint density at radius 3 is 2.44 bits per heavy atom. The van der Waals surface area contributed by atoms with Crippen molar-refractivity contribution in [1.29, 1.82) is 0 Å². The van der Waals surface area contributed by atoms with Crippen LogP contribution in [0, 0.1) is 11.8 Å². The SMILES string of the molecule is CCC(C(=O)Nc1ccc(Cl)cc1)[C@H]1CC[C@H](Oc2cc(C(F)(F)F)nc3ccccc23)CC1. The van der Waals surface area contributed by atoms with Crippen LogP contribution in [-0.2, 0) is 11.0 Å². The number of carbonyl (C=O) groups excluding carboxylic acids is 1. The summed E-state index contributed by atoms with van der Waals surface area (Å²) >= 11 is 5.91. The molecule has 1 N–H and O–H groups in total. The van der Waals surface area contributed by atoms with Gasteiger partial charge in [-0.1, -0.05) is 30.7 Å². The molecule has 8 heteroatoms. The lowest BCUT2D eigenvalue weighted by Gasteiger charge is -2.33. The van der Waals surface area contributed by atoms with Crippen molar-refractivity contribution in [2.45, 2.75) is 51.3 Å². The minimum atomic E-state index is -4.55. The van der Waals surface area contributed by atoms with Crippen molar-refractivity contribution in [2.75, 3.05) is 5.32 Å². The van der Waals surface area contributed by atoms with Crippen LogP contribution >= 0.6 is 11.6 Å². The number of amides is 1. The molecule has 0 bridgehead atoms. The van der Waals surface area contributed by atoms with Crippen molar-refractivity contribution in [3.63, 3.8) is 0 Å². The number of rotatable bonds is 6. The average molecular weight is 491 g/mol. The van der Waals surface area contributed by atoms with E-state index < -0.39 is 11.9 Å². The zero-order chi connectivity index (χ0) is 24.3. The Kier molecular flexibility index (Phi) is 7.31. The summed E-state index contributed by atoms with van der Waals surface area (Å²) in [6.45, 7) is 2.00. The van der Waals surface area contributed by atoms with Crippen LogP contribution in [0.15, 0.2) is 54.6 Å². The van der Waals surface area contributed by atoms with Crippen molar-refractivity contribution in [3.8, 4) is 5.75 Å². The minimum Gasteiger partial charge on any atom is -0.490 e. The number of halogens is 4. The van der Waals surface area contributed by atoms with Gasteiger partial charge in [0.1, 0.15) is 11.4 Å². The van der Waals surface area contributed by atoms with Gasteiger partial charge in [0.25, 0.3) is 0 Å². The number of hydrogen-bond acceptors (Lipinski definition) is 3. The van der Waals surface area contributed by atoms with E-state index in [4.69, 9.17) is 16.3 Å². The summed E-state index contributed by atoms with van der Waals surface area (Å²) in [6.07, 6.45) is -1.16. The largest absolute Gasteiger partial charge is 0.490 e. The molecule has 0 radical (unpaired) electrons. The number of nitrogens with zero attached hydrogens (tertiary/aromatic N) is 1. The van der Waals surface area contributed by atoms with Gasteiger partial charge < -0.3 is 10.1 Å². The van der Waals surface area contributed by atoms with Crippen LogP contribution in [0.1, 0.15) is 44.7 Å². The number of nitrogens with one attached hydrogen (secondary N) is 1.